The molecule has 0 amide bonds. The van der Waals surface area contributed by atoms with Crippen LogP contribution >= 0.6 is 0 Å². The summed E-state index contributed by atoms with van der Waals surface area (Å²) in [6.07, 6.45) is 0. The highest BCUT2D eigenvalue weighted by Gasteiger charge is 2.22. The first-order chi connectivity index (χ1) is 30.7. The average Bonchev–Trinajstić information content (AvgIpc) is 3.95. The molecular weight excluding hydrogens is 759 g/mol. The van der Waals surface area contributed by atoms with E-state index >= 15 is 0 Å². The molecule has 290 valence electrons. The van der Waals surface area contributed by atoms with Crippen molar-refractivity contribution in [3.8, 4) is 78.9 Å². The summed E-state index contributed by atoms with van der Waals surface area (Å²) < 4.78 is 8.55. The predicted molar refractivity (Wildman–Crippen MR) is 251 cm³/mol. The van der Waals surface area contributed by atoms with E-state index in [4.69, 9.17) is 24.5 Å². The van der Waals surface area contributed by atoms with Crippen LogP contribution in [-0.2, 0) is 0 Å². The van der Waals surface area contributed by atoms with E-state index in [1.807, 2.05) is 60.7 Å². The van der Waals surface area contributed by atoms with Crippen LogP contribution in [0.1, 0.15) is 0 Å². The Morgan fingerprint density at radius 3 is 1.65 bits per heavy atom. The molecule has 0 N–H and O–H groups in total. The number of nitrogens with zero attached hydrogens (tertiary/aromatic N) is 5. The van der Waals surface area contributed by atoms with Gasteiger partial charge >= 0.3 is 0 Å². The van der Waals surface area contributed by atoms with Gasteiger partial charge in [0.25, 0.3) is 0 Å². The van der Waals surface area contributed by atoms with Gasteiger partial charge in [-0.15, -0.1) is 0 Å². The van der Waals surface area contributed by atoms with Crippen molar-refractivity contribution < 1.29 is 4.42 Å². The molecule has 0 fully saturated rings. The molecule has 0 saturated heterocycles. The van der Waals surface area contributed by atoms with Crippen LogP contribution in [0.15, 0.2) is 217 Å². The van der Waals surface area contributed by atoms with Gasteiger partial charge in [0.05, 0.1) is 11.2 Å². The van der Waals surface area contributed by atoms with Crippen LogP contribution in [0, 0.1) is 0 Å². The van der Waals surface area contributed by atoms with Gasteiger partial charge in [-0.05, 0) is 34.7 Å². The zero-order valence-electron chi connectivity index (χ0n) is 33.4. The molecule has 8 aromatic carbocycles. The van der Waals surface area contributed by atoms with Gasteiger partial charge in [0.1, 0.15) is 16.9 Å². The fraction of sp³-hybridized carbons (Fsp3) is 0. The van der Waals surface area contributed by atoms with Crippen molar-refractivity contribution in [2.24, 2.45) is 0 Å². The largest absolute Gasteiger partial charge is 0.455 e. The second kappa shape index (κ2) is 14.7. The number of aromatic nitrogens is 5. The lowest BCUT2D eigenvalue weighted by Gasteiger charge is -2.11. The molecule has 0 saturated carbocycles. The van der Waals surface area contributed by atoms with Crippen LogP contribution in [0.2, 0.25) is 0 Å². The Bertz CT molecular complexity index is 3610. The maximum absolute atomic E-state index is 6.43. The van der Waals surface area contributed by atoms with Crippen molar-refractivity contribution in [1.29, 1.82) is 0 Å². The third-order valence-electron chi connectivity index (χ3n) is 11.7. The fourth-order valence-electron chi connectivity index (χ4n) is 8.71. The quantitative estimate of drug-likeness (QED) is 0.161. The monoisotopic (exact) mass is 793 g/mol. The first kappa shape index (κ1) is 35.5. The molecule has 62 heavy (non-hydrogen) atoms. The summed E-state index contributed by atoms with van der Waals surface area (Å²) >= 11 is 0. The molecule has 6 nitrogen and oxygen atoms in total. The van der Waals surface area contributed by atoms with Crippen LogP contribution < -0.4 is 0 Å². The Morgan fingerprint density at radius 1 is 0.371 bits per heavy atom. The van der Waals surface area contributed by atoms with Crippen molar-refractivity contribution >= 4 is 38.2 Å². The van der Waals surface area contributed by atoms with Crippen molar-refractivity contribution in [3.63, 3.8) is 0 Å². The van der Waals surface area contributed by atoms with Crippen LogP contribution in [0.5, 0.6) is 0 Å². The van der Waals surface area contributed by atoms with Crippen molar-refractivity contribution in [3.05, 3.63) is 212 Å². The number of para-hydroxylation sites is 2. The first-order valence-electron chi connectivity index (χ1n) is 20.7. The summed E-state index contributed by atoms with van der Waals surface area (Å²) in [4.78, 5) is 15.3. The molecule has 0 radical (unpaired) electrons. The summed E-state index contributed by atoms with van der Waals surface area (Å²) in [5.74, 6) is 1.78. The zero-order chi connectivity index (χ0) is 41.0. The molecule has 0 aliphatic heterocycles. The molecule has 0 bridgehead atoms. The predicted octanol–water partition coefficient (Wildman–Crippen LogP) is 14.2. The van der Waals surface area contributed by atoms with Gasteiger partial charge in [0.2, 0.25) is 0 Å². The topological polar surface area (TPSA) is 69.1 Å². The van der Waals surface area contributed by atoms with E-state index in [-0.39, 0.29) is 0 Å². The van der Waals surface area contributed by atoms with E-state index in [0.717, 1.165) is 99.7 Å². The van der Waals surface area contributed by atoms with Gasteiger partial charge in [-0.1, -0.05) is 194 Å². The number of pyridine rings is 1. The second-order valence-electron chi connectivity index (χ2n) is 15.4. The van der Waals surface area contributed by atoms with Crippen LogP contribution in [0.25, 0.3) is 117 Å². The van der Waals surface area contributed by atoms with Crippen LogP contribution in [0.4, 0.5) is 0 Å². The van der Waals surface area contributed by atoms with Gasteiger partial charge in [-0.2, -0.15) is 5.10 Å². The number of furan rings is 1. The normalized spacial score (nSPS) is 11.5. The van der Waals surface area contributed by atoms with Gasteiger partial charge in [0, 0.05) is 55.1 Å². The molecule has 6 heteroatoms. The van der Waals surface area contributed by atoms with Gasteiger partial charge < -0.3 is 4.42 Å². The van der Waals surface area contributed by atoms with Crippen LogP contribution in [0.3, 0.4) is 0 Å². The fourth-order valence-corrected chi connectivity index (χ4v) is 8.71. The average molecular weight is 794 g/mol. The Labute approximate surface area is 357 Å². The number of rotatable bonds is 7. The number of fused-ring (bicyclic) bond motifs is 6. The van der Waals surface area contributed by atoms with Crippen molar-refractivity contribution in [2.75, 3.05) is 0 Å². The van der Waals surface area contributed by atoms with Gasteiger partial charge in [0.15, 0.2) is 17.5 Å². The molecular formula is C56H35N5O. The molecule has 0 unspecified atom stereocenters. The van der Waals surface area contributed by atoms with Crippen molar-refractivity contribution in [1.82, 2.24) is 24.6 Å². The molecule has 0 spiro atoms. The van der Waals surface area contributed by atoms with E-state index in [0.29, 0.717) is 17.5 Å². The van der Waals surface area contributed by atoms with E-state index in [2.05, 4.69) is 156 Å². The third kappa shape index (κ3) is 6.04. The lowest BCUT2D eigenvalue weighted by atomic mass is 9.96. The van der Waals surface area contributed by atoms with Gasteiger partial charge in [-0.3, -0.25) is 0 Å². The lowest BCUT2D eigenvalue weighted by molar-refractivity contribution is 0.670. The Morgan fingerprint density at radius 2 is 0.903 bits per heavy atom. The third-order valence-corrected chi connectivity index (χ3v) is 11.7. The zero-order valence-corrected chi connectivity index (χ0v) is 33.4. The smallest absolute Gasteiger partial charge is 0.164 e. The lowest BCUT2D eigenvalue weighted by Crippen LogP contribution is -2.00. The minimum absolute atomic E-state index is 0.588. The number of benzene rings is 8. The summed E-state index contributed by atoms with van der Waals surface area (Å²) in [6.45, 7) is 0. The maximum Gasteiger partial charge on any atom is 0.164 e. The number of hydrogen-bond donors (Lipinski definition) is 0. The van der Waals surface area contributed by atoms with E-state index < -0.39 is 0 Å². The Kier molecular flexibility index (Phi) is 8.38. The second-order valence-corrected chi connectivity index (χ2v) is 15.4. The molecule has 0 aliphatic rings. The van der Waals surface area contributed by atoms with E-state index in [9.17, 15) is 0 Å². The summed E-state index contributed by atoms with van der Waals surface area (Å²) in [7, 11) is 0. The Hall–Kier alpha value is -8.48. The molecule has 12 aromatic rings. The first-order valence-corrected chi connectivity index (χ1v) is 20.7. The molecule has 12 rings (SSSR count). The Balaban J connectivity index is 1.01. The highest BCUT2D eigenvalue weighted by atomic mass is 16.3. The highest BCUT2D eigenvalue weighted by Crippen LogP contribution is 2.42. The molecule has 4 aromatic heterocycles. The van der Waals surface area contributed by atoms with Crippen molar-refractivity contribution in [2.45, 2.75) is 0 Å². The van der Waals surface area contributed by atoms with Crippen LogP contribution in [-0.4, -0.2) is 24.6 Å². The molecule has 0 atom stereocenters. The maximum atomic E-state index is 6.43. The van der Waals surface area contributed by atoms with E-state index in [1.54, 1.807) is 0 Å². The minimum atomic E-state index is 0.588. The SMILES string of the molecule is c1ccc(-c2nc(-c3ccc(-c4c(-c5ccccc5)nn5c(-c6ccccc6)cc6ccccc6c45)cc3)nc(-c3cccc(-c4cccc5c4oc4ccccc45)c3)n2)cc1. The molecule has 0 aliphatic carbocycles. The number of hydrogen-bond acceptors (Lipinski definition) is 5. The minimum Gasteiger partial charge on any atom is -0.455 e. The van der Waals surface area contributed by atoms with E-state index in [1.165, 1.54) is 0 Å². The summed E-state index contributed by atoms with van der Waals surface area (Å²) in [5.41, 5.74) is 13.7. The highest BCUT2D eigenvalue weighted by molar-refractivity contribution is 6.10. The summed E-state index contributed by atoms with van der Waals surface area (Å²) in [6, 6.07) is 73.3. The standard InChI is InChI=1S/C56H35N5O/c1-4-16-36(17-5-1)48-35-42-22-10-11-25-44(42)52-50(51(60-61(48)52)38-18-6-2-7-19-38)37-30-32-40(33-31-37)55-57-54(39-20-8-3-9-21-39)58-56(59-55)43-24-14-23-41(34-43)45-27-15-28-47-46-26-12-13-29-49(46)62-53(45)47/h1-35H. The molecule has 4 heterocycles. The summed E-state index contributed by atoms with van der Waals surface area (Å²) in [5, 5.41) is 9.87. The van der Waals surface area contributed by atoms with Gasteiger partial charge in [-0.25, -0.2) is 19.5 Å².